The molecule has 0 saturated carbocycles. The Labute approximate surface area is 149 Å². The second-order valence-electron chi connectivity index (χ2n) is 6.69. The number of piperidine rings is 1. The average Bonchev–Trinajstić information content (AvgIpc) is 2.30. The van der Waals surface area contributed by atoms with Crippen LogP contribution < -0.4 is 12.4 Å². The highest BCUT2D eigenvalue weighted by Crippen LogP contribution is 2.64. The van der Waals surface area contributed by atoms with Crippen LogP contribution in [0.15, 0.2) is 0 Å². The number of hydrogen-bond donors (Lipinski definition) is 5. The normalized spacial score (nSPS) is 23.4. The lowest BCUT2D eigenvalue weighted by Gasteiger charge is -2.47. The van der Waals surface area contributed by atoms with Gasteiger partial charge in [0, 0.05) is 5.92 Å². The lowest BCUT2D eigenvalue weighted by molar-refractivity contribution is -0.924. The molecule has 1 aliphatic heterocycles. The predicted octanol–water partition coefficient (Wildman–Crippen LogP) is -1.37. The standard InChI is InChI=1S/C12H27NO6P2S.ClH/c1-13(2)8-4-3-7-11(13)10(6-5-9-22)12(20(14,15)16)21(17,18)19;/h10-12H,3-9H2,1-2H3,(H4-,14,15,16,17,18,19,22);1H. The van der Waals surface area contributed by atoms with Crippen molar-refractivity contribution in [1.29, 1.82) is 0 Å². The molecule has 2 unspecified atom stereocenters. The van der Waals surface area contributed by atoms with Gasteiger partial charge < -0.3 is 36.5 Å². The van der Waals surface area contributed by atoms with Crippen molar-refractivity contribution in [3.05, 3.63) is 0 Å². The van der Waals surface area contributed by atoms with E-state index in [4.69, 9.17) is 0 Å². The summed E-state index contributed by atoms with van der Waals surface area (Å²) in [4.78, 5) is 38.3. The van der Waals surface area contributed by atoms with Crippen molar-refractivity contribution in [3.63, 3.8) is 0 Å². The number of rotatable bonds is 7. The van der Waals surface area contributed by atoms with Crippen LogP contribution in [0.3, 0.4) is 0 Å². The van der Waals surface area contributed by atoms with Crippen molar-refractivity contribution < 1.29 is 45.6 Å². The molecule has 0 radical (unpaired) electrons. The van der Waals surface area contributed by atoms with Crippen LogP contribution in [0.1, 0.15) is 32.1 Å². The SMILES string of the molecule is C[N+]1(C)CCCCC1C(CCCS)C(P(=O)(O)O)P(=O)(O)O.[Cl-]. The van der Waals surface area contributed by atoms with Gasteiger partial charge in [-0.15, -0.1) is 0 Å². The van der Waals surface area contributed by atoms with Crippen molar-refractivity contribution in [2.75, 3.05) is 26.4 Å². The molecule has 140 valence electrons. The molecule has 1 heterocycles. The van der Waals surface area contributed by atoms with Crippen LogP contribution >= 0.6 is 27.8 Å². The maximum atomic E-state index is 11.8. The molecule has 1 fully saturated rings. The van der Waals surface area contributed by atoms with Crippen LogP contribution in [0.25, 0.3) is 0 Å². The zero-order valence-electron chi connectivity index (χ0n) is 13.5. The fourth-order valence-corrected chi connectivity index (χ4v) is 7.13. The lowest BCUT2D eigenvalue weighted by atomic mass is 9.87. The Morgan fingerprint density at radius 1 is 1.13 bits per heavy atom. The smallest absolute Gasteiger partial charge is 0.341 e. The summed E-state index contributed by atoms with van der Waals surface area (Å²) in [6.07, 6.45) is 3.58. The third kappa shape index (κ3) is 6.61. The molecule has 23 heavy (non-hydrogen) atoms. The van der Waals surface area contributed by atoms with Crippen molar-refractivity contribution in [3.8, 4) is 0 Å². The number of quaternary nitrogens is 1. The van der Waals surface area contributed by atoms with E-state index >= 15 is 0 Å². The summed E-state index contributed by atoms with van der Waals surface area (Å²) in [6.45, 7) is 0.844. The molecule has 0 amide bonds. The number of hydrogen-bond acceptors (Lipinski definition) is 3. The van der Waals surface area contributed by atoms with E-state index in [0.717, 1.165) is 25.8 Å². The summed E-state index contributed by atoms with van der Waals surface area (Å²) in [5.41, 5.74) is 0. The van der Waals surface area contributed by atoms with Gasteiger partial charge in [0.15, 0.2) is 5.40 Å². The Morgan fingerprint density at radius 2 is 1.65 bits per heavy atom. The van der Waals surface area contributed by atoms with Gasteiger partial charge in [-0.2, -0.15) is 12.6 Å². The zero-order chi connectivity index (χ0) is 17.2. The minimum atomic E-state index is -4.91. The summed E-state index contributed by atoms with van der Waals surface area (Å²) < 4.78 is 24.2. The van der Waals surface area contributed by atoms with E-state index in [2.05, 4.69) is 12.6 Å². The molecule has 1 rings (SSSR count). The quantitative estimate of drug-likeness (QED) is 0.200. The van der Waals surface area contributed by atoms with Gasteiger partial charge >= 0.3 is 15.2 Å². The number of nitrogens with zero attached hydrogens (tertiary/aromatic N) is 1. The van der Waals surface area contributed by atoms with E-state index in [1.165, 1.54) is 0 Å². The Kier molecular flexibility index (Phi) is 9.37. The number of likely N-dealkylation sites (tertiary alicyclic amines) is 1. The topological polar surface area (TPSA) is 115 Å². The van der Waals surface area contributed by atoms with Crippen molar-refractivity contribution in [2.24, 2.45) is 5.92 Å². The predicted molar refractivity (Wildman–Crippen MR) is 89.1 cm³/mol. The van der Waals surface area contributed by atoms with Crippen LogP contribution in [0.4, 0.5) is 0 Å². The molecule has 7 nitrogen and oxygen atoms in total. The fraction of sp³-hybridized carbons (Fsp3) is 1.00. The Hall–Kier alpha value is 0.900. The van der Waals surface area contributed by atoms with E-state index in [1.54, 1.807) is 0 Å². The van der Waals surface area contributed by atoms with E-state index < -0.39 is 26.5 Å². The van der Waals surface area contributed by atoms with Gasteiger partial charge in [-0.1, -0.05) is 0 Å². The highest BCUT2D eigenvalue weighted by Gasteiger charge is 2.54. The minimum Gasteiger partial charge on any atom is -1.00 e. The summed E-state index contributed by atoms with van der Waals surface area (Å²) in [5, 5.41) is -1.92. The number of thiol groups is 1. The minimum absolute atomic E-state index is 0. The van der Waals surface area contributed by atoms with Crippen LogP contribution in [0.5, 0.6) is 0 Å². The molecule has 2 atom stereocenters. The number of halogens is 1. The van der Waals surface area contributed by atoms with E-state index in [0.29, 0.717) is 23.1 Å². The second kappa shape index (κ2) is 9.02. The summed E-state index contributed by atoms with van der Waals surface area (Å²) in [5.74, 6) is -0.199. The average molecular weight is 412 g/mol. The van der Waals surface area contributed by atoms with Crippen LogP contribution in [0.2, 0.25) is 0 Å². The molecule has 11 heteroatoms. The first-order chi connectivity index (χ1) is 9.91. The van der Waals surface area contributed by atoms with E-state index in [-0.39, 0.29) is 18.4 Å². The summed E-state index contributed by atoms with van der Waals surface area (Å²) in [6, 6.07) is -0.168. The van der Waals surface area contributed by atoms with Crippen molar-refractivity contribution in [2.45, 2.75) is 43.5 Å². The van der Waals surface area contributed by atoms with Gasteiger partial charge in [-0.3, -0.25) is 9.13 Å². The van der Waals surface area contributed by atoms with Crippen LogP contribution in [-0.2, 0) is 9.13 Å². The third-order valence-electron chi connectivity index (χ3n) is 4.64. The van der Waals surface area contributed by atoms with E-state index in [1.807, 2.05) is 14.1 Å². The molecular formula is C12H28ClNO6P2S. The molecule has 0 spiro atoms. The second-order valence-corrected chi connectivity index (χ2v) is 11.0. The first-order valence-corrected chi connectivity index (χ1v) is 11.4. The molecule has 0 aromatic carbocycles. The molecule has 0 aromatic rings. The Balaban J connectivity index is 0.00000484. The summed E-state index contributed by atoms with van der Waals surface area (Å²) >= 11 is 4.12. The van der Waals surface area contributed by atoms with E-state index in [9.17, 15) is 28.7 Å². The van der Waals surface area contributed by atoms with Crippen LogP contribution in [-0.4, -0.2) is 61.9 Å². The first-order valence-electron chi connectivity index (χ1n) is 7.45. The van der Waals surface area contributed by atoms with Gasteiger partial charge in [-0.25, -0.2) is 0 Å². The lowest BCUT2D eigenvalue weighted by Crippen LogP contribution is -3.00. The zero-order valence-corrected chi connectivity index (χ0v) is 16.9. The highest BCUT2D eigenvalue weighted by molar-refractivity contribution is 7.80. The molecule has 0 bridgehead atoms. The van der Waals surface area contributed by atoms with Gasteiger partial charge in [-0.05, 0) is 37.9 Å². The van der Waals surface area contributed by atoms with Crippen molar-refractivity contribution >= 4 is 27.8 Å². The first kappa shape index (κ1) is 23.9. The van der Waals surface area contributed by atoms with Gasteiger partial charge in [0.2, 0.25) is 0 Å². The van der Waals surface area contributed by atoms with Gasteiger partial charge in [0.1, 0.15) is 0 Å². The third-order valence-corrected chi connectivity index (χ3v) is 8.91. The molecule has 0 aliphatic carbocycles. The fourth-order valence-electron chi connectivity index (χ4n) is 3.68. The van der Waals surface area contributed by atoms with Gasteiger partial charge in [0.25, 0.3) is 0 Å². The molecule has 4 N–H and O–H groups in total. The molecule has 1 aliphatic rings. The largest absolute Gasteiger partial charge is 1.00 e. The Bertz CT molecular complexity index is 446. The molecule has 0 aromatic heterocycles. The maximum Gasteiger partial charge on any atom is 0.341 e. The van der Waals surface area contributed by atoms with Gasteiger partial charge in [0.05, 0.1) is 26.7 Å². The van der Waals surface area contributed by atoms with Crippen LogP contribution in [0, 0.1) is 5.92 Å². The molecule has 1 saturated heterocycles. The monoisotopic (exact) mass is 411 g/mol. The van der Waals surface area contributed by atoms with Crippen molar-refractivity contribution in [1.82, 2.24) is 0 Å². The summed E-state index contributed by atoms with van der Waals surface area (Å²) in [7, 11) is -5.90. The molecular weight excluding hydrogens is 384 g/mol. The highest BCUT2D eigenvalue weighted by atomic mass is 35.5. The Morgan fingerprint density at radius 3 is 2.04 bits per heavy atom. The maximum absolute atomic E-state index is 11.8.